The highest BCUT2D eigenvalue weighted by molar-refractivity contribution is 7.09. The summed E-state index contributed by atoms with van der Waals surface area (Å²) in [4.78, 5) is 14.2. The van der Waals surface area contributed by atoms with Crippen LogP contribution in [0.25, 0.3) is 0 Å². The highest BCUT2D eigenvalue weighted by atomic mass is 32.1. The molecule has 3 fully saturated rings. The summed E-state index contributed by atoms with van der Waals surface area (Å²) in [7, 11) is 0. The normalized spacial score (nSPS) is 30.2. The van der Waals surface area contributed by atoms with Crippen LogP contribution >= 0.6 is 11.5 Å². The highest BCUT2D eigenvalue weighted by Gasteiger charge is 2.59. The summed E-state index contributed by atoms with van der Waals surface area (Å²) in [6.45, 7) is 14.4. The van der Waals surface area contributed by atoms with E-state index in [1.807, 2.05) is 0 Å². The van der Waals surface area contributed by atoms with Gasteiger partial charge in [0, 0.05) is 74.7 Å². The topological polar surface area (TPSA) is 65.9 Å². The molecular weight excluding hydrogens is 360 g/mol. The molecule has 3 unspecified atom stereocenters. The molecule has 0 amide bonds. The van der Waals surface area contributed by atoms with Crippen LogP contribution in [-0.4, -0.2) is 71.7 Å². The Labute approximate surface area is 166 Å². The Morgan fingerprint density at radius 3 is 2.74 bits per heavy atom. The number of hydrogen-bond acceptors (Lipinski definition) is 6. The molecule has 0 radical (unpaired) electrons. The van der Waals surface area contributed by atoms with Gasteiger partial charge in [-0.3, -0.25) is 4.99 Å². The first kappa shape index (κ1) is 18.9. The average molecular weight is 393 g/mol. The third kappa shape index (κ3) is 3.42. The summed E-state index contributed by atoms with van der Waals surface area (Å²) in [5, 5.41) is 4.86. The predicted octanol–water partition coefficient (Wildman–Crippen LogP) is 2.00. The third-order valence-corrected chi connectivity index (χ3v) is 7.13. The van der Waals surface area contributed by atoms with Gasteiger partial charge < -0.3 is 19.9 Å². The van der Waals surface area contributed by atoms with Crippen molar-refractivity contribution in [1.29, 1.82) is 0 Å². The molecule has 1 aromatic rings. The lowest BCUT2D eigenvalue weighted by Crippen LogP contribution is -2.68. The zero-order chi connectivity index (χ0) is 19.0. The minimum atomic E-state index is 0.167. The molecule has 3 atom stereocenters. The molecule has 1 aromatic heterocycles. The van der Waals surface area contributed by atoms with E-state index in [0.717, 1.165) is 69.1 Å². The summed E-state index contributed by atoms with van der Waals surface area (Å²) in [5.41, 5.74) is 0.167. The van der Waals surface area contributed by atoms with Gasteiger partial charge in [-0.1, -0.05) is 20.8 Å². The molecule has 3 heterocycles. The molecule has 2 aliphatic heterocycles. The number of guanidine groups is 1. The molecule has 150 valence electrons. The van der Waals surface area contributed by atoms with Gasteiger partial charge in [-0.2, -0.15) is 4.37 Å². The van der Waals surface area contributed by atoms with Gasteiger partial charge in [0.1, 0.15) is 5.82 Å². The van der Waals surface area contributed by atoms with E-state index >= 15 is 0 Å². The fourth-order valence-electron chi connectivity index (χ4n) is 4.77. The molecule has 1 saturated carbocycles. The monoisotopic (exact) mass is 392 g/mol. The Morgan fingerprint density at radius 1 is 1.30 bits per heavy atom. The molecule has 1 N–H and O–H groups in total. The van der Waals surface area contributed by atoms with E-state index < -0.39 is 0 Å². The van der Waals surface area contributed by atoms with Crippen molar-refractivity contribution in [1.82, 2.24) is 19.6 Å². The number of nitrogens with one attached hydrogen (secondary N) is 1. The maximum Gasteiger partial charge on any atom is 0.205 e. The quantitative estimate of drug-likeness (QED) is 0.625. The van der Waals surface area contributed by atoms with Crippen LogP contribution in [0.1, 0.15) is 39.9 Å². The lowest BCUT2D eigenvalue weighted by molar-refractivity contribution is -0.107. The maximum absolute atomic E-state index is 5.95. The number of hydrogen-bond donors (Lipinski definition) is 1. The number of fused-ring (bicyclic) bond motifs is 1. The smallest absolute Gasteiger partial charge is 0.205 e. The second-order valence-electron chi connectivity index (χ2n) is 8.31. The Morgan fingerprint density at radius 2 is 2.07 bits per heavy atom. The lowest BCUT2D eigenvalue weighted by atomic mass is 9.57. The Hall–Kier alpha value is -1.41. The molecular formula is C19H32N6OS. The number of anilines is 1. The summed E-state index contributed by atoms with van der Waals surface area (Å²) in [6.07, 6.45) is 2.46. The summed E-state index contributed by atoms with van der Waals surface area (Å²) in [5.74, 6) is 2.64. The number of piperazine rings is 1. The number of ether oxygens (including phenoxy) is 1. The van der Waals surface area contributed by atoms with Gasteiger partial charge in [0.2, 0.25) is 5.13 Å². The number of aryl methyl sites for hydroxylation is 1. The zero-order valence-corrected chi connectivity index (χ0v) is 17.8. The lowest BCUT2D eigenvalue weighted by Gasteiger charge is -2.55. The first-order chi connectivity index (χ1) is 13.0. The van der Waals surface area contributed by atoms with Crippen LogP contribution in [0, 0.1) is 11.3 Å². The largest absolute Gasteiger partial charge is 0.377 e. The Balaban J connectivity index is 1.38. The van der Waals surface area contributed by atoms with Crippen molar-refractivity contribution >= 4 is 22.6 Å². The summed E-state index contributed by atoms with van der Waals surface area (Å²) >= 11 is 1.52. The van der Waals surface area contributed by atoms with E-state index in [0.29, 0.717) is 18.1 Å². The van der Waals surface area contributed by atoms with Crippen LogP contribution in [-0.2, 0) is 11.2 Å². The van der Waals surface area contributed by atoms with Crippen molar-refractivity contribution in [2.24, 2.45) is 16.3 Å². The molecule has 2 saturated heterocycles. The highest BCUT2D eigenvalue weighted by Crippen LogP contribution is 2.52. The molecule has 0 spiro atoms. The minimum Gasteiger partial charge on any atom is -0.377 e. The van der Waals surface area contributed by atoms with Crippen molar-refractivity contribution in [2.45, 2.75) is 52.7 Å². The molecule has 8 heteroatoms. The molecule has 0 aromatic carbocycles. The van der Waals surface area contributed by atoms with Crippen molar-refractivity contribution in [3.8, 4) is 0 Å². The Bertz CT molecular complexity index is 681. The van der Waals surface area contributed by atoms with Gasteiger partial charge in [-0.15, -0.1) is 0 Å². The van der Waals surface area contributed by atoms with E-state index in [-0.39, 0.29) is 5.41 Å². The SMILES string of the molecule is CCN=C(NC1C2CCOC2C1(C)C)N1CCN(c2nc(CC)ns2)CC1. The predicted molar refractivity (Wildman–Crippen MR) is 110 cm³/mol. The second-order valence-corrected chi connectivity index (χ2v) is 9.04. The summed E-state index contributed by atoms with van der Waals surface area (Å²) < 4.78 is 10.4. The first-order valence-electron chi connectivity index (χ1n) is 10.3. The Kier molecular flexibility index (Phi) is 5.29. The number of aliphatic imine (C=N–C) groups is 1. The van der Waals surface area contributed by atoms with Crippen molar-refractivity contribution in [3.63, 3.8) is 0 Å². The minimum absolute atomic E-state index is 0.167. The van der Waals surface area contributed by atoms with Crippen LogP contribution in [0.2, 0.25) is 0 Å². The van der Waals surface area contributed by atoms with Crippen LogP contribution in [0.4, 0.5) is 5.13 Å². The number of rotatable bonds is 4. The zero-order valence-electron chi connectivity index (χ0n) is 16.9. The molecule has 1 aliphatic carbocycles. The van der Waals surface area contributed by atoms with Crippen LogP contribution in [0.5, 0.6) is 0 Å². The van der Waals surface area contributed by atoms with Crippen LogP contribution in [0.15, 0.2) is 4.99 Å². The number of aromatic nitrogens is 2. The van der Waals surface area contributed by atoms with Crippen molar-refractivity contribution in [3.05, 3.63) is 5.82 Å². The molecule has 7 nitrogen and oxygen atoms in total. The standard InChI is InChI=1S/C19H32N6OS/c1-5-14-21-18(27-23-14)25-10-8-24(9-11-25)17(20-6-2)22-15-13-7-12-26-16(13)19(15,3)4/h13,15-16H,5-12H2,1-4H3,(H,20,22). The van der Waals surface area contributed by atoms with Crippen LogP contribution in [0.3, 0.4) is 0 Å². The summed E-state index contributed by atoms with van der Waals surface area (Å²) in [6, 6.07) is 0.448. The van der Waals surface area contributed by atoms with Gasteiger partial charge >= 0.3 is 0 Å². The van der Waals surface area contributed by atoms with Crippen LogP contribution < -0.4 is 10.2 Å². The molecule has 4 rings (SSSR count). The van der Waals surface area contributed by atoms with E-state index in [1.54, 1.807) is 0 Å². The maximum atomic E-state index is 5.95. The molecule has 0 bridgehead atoms. The molecule has 27 heavy (non-hydrogen) atoms. The van der Waals surface area contributed by atoms with Gasteiger partial charge in [0.05, 0.1) is 6.10 Å². The molecule has 3 aliphatic rings. The van der Waals surface area contributed by atoms with E-state index in [4.69, 9.17) is 9.73 Å². The number of nitrogens with zero attached hydrogens (tertiary/aromatic N) is 5. The van der Waals surface area contributed by atoms with Gasteiger partial charge in [0.15, 0.2) is 5.96 Å². The third-order valence-electron chi connectivity index (χ3n) is 6.32. The van der Waals surface area contributed by atoms with E-state index in [1.165, 1.54) is 11.5 Å². The van der Waals surface area contributed by atoms with E-state index in [9.17, 15) is 0 Å². The average Bonchev–Trinajstić information content (AvgIpc) is 3.33. The van der Waals surface area contributed by atoms with Crippen molar-refractivity contribution < 1.29 is 4.74 Å². The van der Waals surface area contributed by atoms with Gasteiger partial charge in [-0.25, -0.2) is 4.98 Å². The fraction of sp³-hybridized carbons (Fsp3) is 0.842. The fourth-order valence-corrected chi connectivity index (χ4v) is 5.57. The van der Waals surface area contributed by atoms with Gasteiger partial charge in [0.25, 0.3) is 0 Å². The second kappa shape index (κ2) is 7.54. The first-order valence-corrected chi connectivity index (χ1v) is 11.1. The van der Waals surface area contributed by atoms with E-state index in [2.05, 4.69) is 52.2 Å². The van der Waals surface area contributed by atoms with Gasteiger partial charge in [-0.05, 0) is 13.3 Å². The van der Waals surface area contributed by atoms with Crippen molar-refractivity contribution in [2.75, 3.05) is 44.2 Å².